The summed E-state index contributed by atoms with van der Waals surface area (Å²) in [7, 11) is 0.809. The molecular formula is C28H25BN2. The van der Waals surface area contributed by atoms with Crippen molar-refractivity contribution in [3.05, 3.63) is 108 Å². The molecule has 0 spiro atoms. The zero-order valence-corrected chi connectivity index (χ0v) is 18.3. The first-order valence-corrected chi connectivity index (χ1v) is 10.8. The van der Waals surface area contributed by atoms with Crippen LogP contribution in [0.3, 0.4) is 0 Å². The Labute approximate surface area is 184 Å². The van der Waals surface area contributed by atoms with Crippen LogP contribution >= 0.6 is 0 Å². The van der Waals surface area contributed by atoms with Crippen molar-refractivity contribution in [2.45, 2.75) is 20.8 Å². The zero-order valence-electron chi connectivity index (χ0n) is 18.3. The SMILES string of the molecule is Cc1cc(C)c(Bn2c(-c3cccc(-c4ccccc4)c3)nc3ccccc32)c(C)c1. The second-order valence-electron chi connectivity index (χ2n) is 8.33. The minimum atomic E-state index is 0.809. The minimum absolute atomic E-state index is 0.809. The number of hydrogen-bond donors (Lipinski definition) is 0. The summed E-state index contributed by atoms with van der Waals surface area (Å²) in [5.74, 6) is 1.01. The molecule has 0 radical (unpaired) electrons. The van der Waals surface area contributed by atoms with Crippen LogP contribution in [0.25, 0.3) is 33.5 Å². The van der Waals surface area contributed by atoms with E-state index in [1.54, 1.807) is 0 Å². The maximum atomic E-state index is 5.05. The van der Waals surface area contributed by atoms with Crippen molar-refractivity contribution >= 4 is 23.9 Å². The van der Waals surface area contributed by atoms with Gasteiger partial charge in [-0.1, -0.05) is 94.9 Å². The molecule has 4 aromatic carbocycles. The summed E-state index contributed by atoms with van der Waals surface area (Å²) in [6, 6.07) is 32.2. The van der Waals surface area contributed by atoms with Gasteiger partial charge in [0.1, 0.15) is 5.82 Å². The van der Waals surface area contributed by atoms with Crippen molar-refractivity contribution in [3.63, 3.8) is 0 Å². The summed E-state index contributed by atoms with van der Waals surface area (Å²) in [5, 5.41) is 0. The molecule has 0 unspecified atom stereocenters. The first-order chi connectivity index (χ1) is 15.1. The number of hydrogen-bond acceptors (Lipinski definition) is 1. The number of rotatable bonds is 4. The molecule has 150 valence electrons. The highest BCUT2D eigenvalue weighted by atomic mass is 15.0. The Morgan fingerprint density at radius 1 is 0.645 bits per heavy atom. The number of nitrogens with zero attached hydrogens (tertiary/aromatic N) is 2. The van der Waals surface area contributed by atoms with Crippen molar-refractivity contribution in [2.75, 3.05) is 0 Å². The maximum Gasteiger partial charge on any atom is 0.278 e. The fraction of sp³-hybridized carbons (Fsp3) is 0.107. The molecule has 5 rings (SSSR count). The first kappa shape index (κ1) is 19.4. The molecule has 0 N–H and O–H groups in total. The molecule has 1 heterocycles. The van der Waals surface area contributed by atoms with Crippen LogP contribution in [-0.2, 0) is 0 Å². The van der Waals surface area contributed by atoms with Gasteiger partial charge >= 0.3 is 0 Å². The molecule has 31 heavy (non-hydrogen) atoms. The predicted molar refractivity (Wildman–Crippen MR) is 133 cm³/mol. The van der Waals surface area contributed by atoms with Gasteiger partial charge in [-0.25, -0.2) is 4.98 Å². The lowest BCUT2D eigenvalue weighted by Crippen LogP contribution is -2.28. The van der Waals surface area contributed by atoms with Gasteiger partial charge in [-0.2, -0.15) is 0 Å². The normalized spacial score (nSPS) is 11.1. The van der Waals surface area contributed by atoms with Crippen LogP contribution in [0, 0.1) is 20.8 Å². The summed E-state index contributed by atoms with van der Waals surface area (Å²) in [4.78, 5) is 5.05. The van der Waals surface area contributed by atoms with E-state index in [0.717, 1.165) is 24.3 Å². The Kier molecular flexibility index (Phi) is 4.95. The number of benzene rings is 4. The van der Waals surface area contributed by atoms with Gasteiger partial charge in [-0.05, 0) is 50.1 Å². The Balaban J connectivity index is 1.68. The molecule has 0 aliphatic heterocycles. The van der Waals surface area contributed by atoms with Crippen molar-refractivity contribution in [2.24, 2.45) is 0 Å². The van der Waals surface area contributed by atoms with E-state index < -0.39 is 0 Å². The number of fused-ring (bicyclic) bond motifs is 1. The van der Waals surface area contributed by atoms with Crippen LogP contribution in [0.5, 0.6) is 0 Å². The molecule has 2 nitrogen and oxygen atoms in total. The molecule has 0 aliphatic rings. The van der Waals surface area contributed by atoms with Gasteiger partial charge < -0.3 is 4.48 Å². The monoisotopic (exact) mass is 400 g/mol. The van der Waals surface area contributed by atoms with E-state index in [2.05, 4.69) is 116 Å². The van der Waals surface area contributed by atoms with E-state index in [1.807, 2.05) is 0 Å². The van der Waals surface area contributed by atoms with Gasteiger partial charge in [0.25, 0.3) is 7.41 Å². The highest BCUT2D eigenvalue weighted by Gasteiger charge is 2.16. The molecule has 0 atom stereocenters. The van der Waals surface area contributed by atoms with Crippen LogP contribution in [0.4, 0.5) is 0 Å². The Hall–Kier alpha value is -3.59. The number of aryl methyl sites for hydroxylation is 3. The van der Waals surface area contributed by atoms with Gasteiger partial charge in [0.05, 0.1) is 11.0 Å². The van der Waals surface area contributed by atoms with Crippen LogP contribution < -0.4 is 5.46 Å². The maximum absolute atomic E-state index is 5.05. The van der Waals surface area contributed by atoms with Gasteiger partial charge in [0.15, 0.2) is 0 Å². The summed E-state index contributed by atoms with van der Waals surface area (Å²) in [5.41, 5.74) is 11.1. The molecule has 3 heteroatoms. The molecule has 0 saturated carbocycles. The topological polar surface area (TPSA) is 17.8 Å². The van der Waals surface area contributed by atoms with Gasteiger partial charge in [-0.3, -0.25) is 0 Å². The third-order valence-corrected chi connectivity index (χ3v) is 6.04. The highest BCUT2D eigenvalue weighted by molar-refractivity contribution is 6.54. The second kappa shape index (κ2) is 7.92. The van der Waals surface area contributed by atoms with E-state index in [1.165, 1.54) is 38.8 Å². The second-order valence-corrected chi connectivity index (χ2v) is 8.33. The van der Waals surface area contributed by atoms with E-state index in [0.29, 0.717) is 0 Å². The average molecular weight is 400 g/mol. The van der Waals surface area contributed by atoms with Crippen molar-refractivity contribution < 1.29 is 0 Å². The van der Waals surface area contributed by atoms with E-state index in [-0.39, 0.29) is 0 Å². The smallest absolute Gasteiger partial charge is 0.278 e. The lowest BCUT2D eigenvalue weighted by atomic mass is 9.75. The molecule has 0 saturated heterocycles. The predicted octanol–water partition coefficient (Wildman–Crippen LogP) is 5.82. The molecule has 5 aromatic rings. The van der Waals surface area contributed by atoms with Crippen LogP contribution in [0.2, 0.25) is 0 Å². The van der Waals surface area contributed by atoms with E-state index in [9.17, 15) is 0 Å². The van der Waals surface area contributed by atoms with Crippen molar-refractivity contribution in [1.82, 2.24) is 9.46 Å². The molecule has 0 fully saturated rings. The molecule has 0 amide bonds. The van der Waals surface area contributed by atoms with E-state index in [4.69, 9.17) is 4.98 Å². The Bertz CT molecular complexity index is 1360. The fourth-order valence-corrected chi connectivity index (χ4v) is 4.54. The Morgan fingerprint density at radius 3 is 2.06 bits per heavy atom. The third kappa shape index (κ3) is 3.68. The summed E-state index contributed by atoms with van der Waals surface area (Å²) >= 11 is 0. The molecule has 1 aromatic heterocycles. The third-order valence-electron chi connectivity index (χ3n) is 6.04. The molecule has 0 bridgehead atoms. The Morgan fingerprint density at radius 2 is 1.29 bits per heavy atom. The lowest BCUT2D eigenvalue weighted by molar-refractivity contribution is 1.23. The van der Waals surface area contributed by atoms with E-state index >= 15 is 0 Å². The number of imidazole rings is 1. The molecule has 0 aliphatic carbocycles. The summed E-state index contributed by atoms with van der Waals surface area (Å²) in [6.07, 6.45) is 0. The number of para-hydroxylation sites is 2. The standard InChI is InChI=1S/C28H25BN2/c1-19-16-20(2)27(21(3)17-19)29-31-26-15-8-7-14-25(26)30-28(31)24-13-9-12-23(18-24)22-10-5-4-6-11-22/h4-18,29H,1-3H3. The fourth-order valence-electron chi connectivity index (χ4n) is 4.54. The lowest BCUT2D eigenvalue weighted by Gasteiger charge is -2.14. The number of aromatic nitrogens is 2. The quantitative estimate of drug-likeness (QED) is 0.348. The van der Waals surface area contributed by atoms with Gasteiger partial charge in [0, 0.05) is 5.56 Å². The molecular weight excluding hydrogens is 375 g/mol. The van der Waals surface area contributed by atoms with Gasteiger partial charge in [-0.15, -0.1) is 0 Å². The summed E-state index contributed by atoms with van der Waals surface area (Å²) in [6.45, 7) is 6.59. The van der Waals surface area contributed by atoms with Crippen molar-refractivity contribution in [1.29, 1.82) is 0 Å². The largest absolute Gasteiger partial charge is 0.368 e. The first-order valence-electron chi connectivity index (χ1n) is 10.8. The van der Waals surface area contributed by atoms with Crippen LogP contribution in [-0.4, -0.2) is 16.9 Å². The minimum Gasteiger partial charge on any atom is -0.368 e. The van der Waals surface area contributed by atoms with Crippen LogP contribution in [0.15, 0.2) is 91.0 Å². The van der Waals surface area contributed by atoms with Crippen LogP contribution in [0.1, 0.15) is 16.7 Å². The highest BCUT2D eigenvalue weighted by Crippen LogP contribution is 2.28. The zero-order chi connectivity index (χ0) is 21.4. The average Bonchev–Trinajstić information content (AvgIpc) is 3.15. The van der Waals surface area contributed by atoms with Gasteiger partial charge in [0.2, 0.25) is 0 Å². The summed E-state index contributed by atoms with van der Waals surface area (Å²) < 4.78 is 2.37. The van der Waals surface area contributed by atoms with Crippen molar-refractivity contribution in [3.8, 4) is 22.5 Å².